The van der Waals surface area contributed by atoms with Gasteiger partial charge in [0.1, 0.15) is 5.69 Å². The summed E-state index contributed by atoms with van der Waals surface area (Å²) in [6, 6.07) is 3.66. The summed E-state index contributed by atoms with van der Waals surface area (Å²) in [5, 5.41) is 1.66. The monoisotopic (exact) mass is 419 g/mol. The SMILES string of the molecule is CCOC(=O)C/C=C\Sc1c(C(=O)OCC)c2cc(C)ccn2c1C(=O)OCC. The Hall–Kier alpha value is -2.74. The molecule has 0 amide bonds. The first kappa shape index (κ1) is 22.5. The van der Waals surface area contributed by atoms with Gasteiger partial charge in [-0.15, -0.1) is 0 Å². The van der Waals surface area contributed by atoms with Crippen molar-refractivity contribution in [1.29, 1.82) is 0 Å². The van der Waals surface area contributed by atoms with Gasteiger partial charge >= 0.3 is 17.9 Å². The Balaban J connectivity index is 2.56. The largest absolute Gasteiger partial charge is 0.466 e. The van der Waals surface area contributed by atoms with Crippen molar-refractivity contribution in [3.05, 3.63) is 46.6 Å². The van der Waals surface area contributed by atoms with Crippen LogP contribution in [0, 0.1) is 6.92 Å². The molecule has 2 rings (SSSR count). The first-order valence-corrected chi connectivity index (χ1v) is 10.3. The van der Waals surface area contributed by atoms with Gasteiger partial charge in [-0.25, -0.2) is 9.59 Å². The van der Waals surface area contributed by atoms with Crippen LogP contribution in [0.4, 0.5) is 0 Å². The number of carbonyl (C=O) groups excluding carboxylic acids is 3. The highest BCUT2D eigenvalue weighted by atomic mass is 32.2. The number of hydrogen-bond donors (Lipinski definition) is 0. The summed E-state index contributed by atoms with van der Waals surface area (Å²) in [6.07, 6.45) is 3.45. The van der Waals surface area contributed by atoms with Crippen molar-refractivity contribution in [2.24, 2.45) is 0 Å². The second-order valence-electron chi connectivity index (χ2n) is 5.95. The van der Waals surface area contributed by atoms with Gasteiger partial charge in [0.05, 0.1) is 42.2 Å². The van der Waals surface area contributed by atoms with E-state index in [9.17, 15) is 14.4 Å². The fourth-order valence-corrected chi connectivity index (χ4v) is 3.65. The molecule has 0 radical (unpaired) electrons. The van der Waals surface area contributed by atoms with E-state index < -0.39 is 11.9 Å². The van der Waals surface area contributed by atoms with Crippen LogP contribution < -0.4 is 0 Å². The second kappa shape index (κ2) is 10.7. The first-order chi connectivity index (χ1) is 13.9. The number of fused-ring (bicyclic) bond motifs is 1. The maximum absolute atomic E-state index is 12.7. The summed E-state index contributed by atoms with van der Waals surface area (Å²) in [4.78, 5) is 37.3. The molecule has 2 aromatic rings. The van der Waals surface area contributed by atoms with Crippen LogP contribution in [0.5, 0.6) is 0 Å². The van der Waals surface area contributed by atoms with Crippen molar-refractivity contribution in [3.63, 3.8) is 0 Å². The Bertz CT molecular complexity index is 931. The van der Waals surface area contributed by atoms with Crippen molar-refractivity contribution in [1.82, 2.24) is 4.40 Å². The van der Waals surface area contributed by atoms with E-state index in [0.717, 1.165) is 17.3 Å². The van der Waals surface area contributed by atoms with Gasteiger partial charge in [0.2, 0.25) is 0 Å². The number of esters is 3. The van der Waals surface area contributed by atoms with Gasteiger partial charge < -0.3 is 18.6 Å². The van der Waals surface area contributed by atoms with E-state index in [1.165, 1.54) is 0 Å². The maximum atomic E-state index is 12.7. The van der Waals surface area contributed by atoms with Crippen LogP contribution in [0.2, 0.25) is 0 Å². The number of aromatic nitrogens is 1. The number of nitrogens with zero attached hydrogens (tertiary/aromatic N) is 1. The second-order valence-corrected chi connectivity index (χ2v) is 6.87. The van der Waals surface area contributed by atoms with Crippen LogP contribution in [-0.4, -0.2) is 42.1 Å². The smallest absolute Gasteiger partial charge is 0.356 e. The van der Waals surface area contributed by atoms with Crippen LogP contribution in [0.15, 0.2) is 34.7 Å². The molecule has 0 aromatic carbocycles. The molecule has 0 bridgehead atoms. The molecule has 0 saturated carbocycles. The van der Waals surface area contributed by atoms with Crippen molar-refractivity contribution in [2.75, 3.05) is 19.8 Å². The van der Waals surface area contributed by atoms with E-state index in [4.69, 9.17) is 14.2 Å². The normalized spacial score (nSPS) is 11.0. The molecule has 2 aromatic heterocycles. The topological polar surface area (TPSA) is 83.3 Å². The molecule has 0 aliphatic heterocycles. The third-order valence-corrected chi connectivity index (χ3v) is 4.83. The number of thioether (sulfide) groups is 1. The molecule has 7 nitrogen and oxygen atoms in total. The lowest BCUT2D eigenvalue weighted by atomic mass is 10.2. The number of rotatable bonds is 9. The molecule has 0 fully saturated rings. The molecular weight excluding hydrogens is 394 g/mol. The van der Waals surface area contributed by atoms with Gasteiger partial charge in [-0.05, 0) is 50.8 Å². The molecule has 0 aliphatic rings. The Morgan fingerprint density at radius 1 is 1.03 bits per heavy atom. The van der Waals surface area contributed by atoms with Gasteiger partial charge in [-0.2, -0.15) is 0 Å². The van der Waals surface area contributed by atoms with E-state index >= 15 is 0 Å². The minimum Gasteiger partial charge on any atom is -0.466 e. The van der Waals surface area contributed by atoms with Crippen LogP contribution >= 0.6 is 11.8 Å². The molecule has 0 aliphatic carbocycles. The molecule has 29 heavy (non-hydrogen) atoms. The maximum Gasteiger partial charge on any atom is 0.356 e. The van der Waals surface area contributed by atoms with Crippen molar-refractivity contribution in [3.8, 4) is 0 Å². The average molecular weight is 419 g/mol. The summed E-state index contributed by atoms with van der Waals surface area (Å²) < 4.78 is 17.0. The van der Waals surface area contributed by atoms with Crippen LogP contribution in [-0.2, 0) is 19.0 Å². The van der Waals surface area contributed by atoms with Crippen molar-refractivity contribution < 1.29 is 28.6 Å². The molecule has 2 heterocycles. The summed E-state index contributed by atoms with van der Waals surface area (Å²) in [7, 11) is 0. The Morgan fingerprint density at radius 3 is 2.34 bits per heavy atom. The van der Waals surface area contributed by atoms with E-state index in [0.29, 0.717) is 22.6 Å². The van der Waals surface area contributed by atoms with Crippen molar-refractivity contribution in [2.45, 2.75) is 39.0 Å². The summed E-state index contributed by atoms with van der Waals surface area (Å²) in [6.45, 7) is 7.80. The van der Waals surface area contributed by atoms with Gasteiger partial charge in [-0.3, -0.25) is 4.79 Å². The summed E-state index contributed by atoms with van der Waals surface area (Å²) in [5.41, 5.74) is 2.04. The molecule has 8 heteroatoms. The van der Waals surface area contributed by atoms with Crippen LogP contribution in [0.1, 0.15) is 53.6 Å². The molecule has 156 valence electrons. The van der Waals surface area contributed by atoms with E-state index in [2.05, 4.69) is 0 Å². The lowest BCUT2D eigenvalue weighted by Gasteiger charge is -2.05. The van der Waals surface area contributed by atoms with Gasteiger partial charge in [0.15, 0.2) is 0 Å². The lowest BCUT2D eigenvalue weighted by Crippen LogP contribution is -2.09. The Morgan fingerprint density at radius 2 is 1.69 bits per heavy atom. The van der Waals surface area contributed by atoms with Crippen molar-refractivity contribution >= 4 is 35.2 Å². The third-order valence-electron chi connectivity index (χ3n) is 3.87. The quantitative estimate of drug-likeness (QED) is 0.343. The number of ether oxygens (including phenoxy) is 3. The number of aryl methyl sites for hydroxylation is 1. The predicted octanol–water partition coefficient (Wildman–Crippen LogP) is 4.16. The Kier molecular flexibility index (Phi) is 8.33. The van der Waals surface area contributed by atoms with Gasteiger partial charge in [0.25, 0.3) is 0 Å². The lowest BCUT2D eigenvalue weighted by molar-refractivity contribution is -0.142. The standard InChI is InChI=1S/C21H25NO6S/c1-5-26-16(23)9-8-12-29-19-17(20(24)27-6-2)15-13-14(4)10-11-22(15)18(19)21(25)28-7-3/h8,10-13H,5-7,9H2,1-4H3/b12-8-. The fourth-order valence-electron chi connectivity index (χ4n) is 2.72. The molecule has 0 saturated heterocycles. The molecular formula is C21H25NO6S. The zero-order valence-electron chi connectivity index (χ0n) is 17.0. The Labute approximate surface area is 174 Å². The highest BCUT2D eigenvalue weighted by Crippen LogP contribution is 2.35. The molecule has 0 unspecified atom stereocenters. The number of carbonyl (C=O) groups is 3. The fraction of sp³-hybridized carbons (Fsp3) is 0.381. The third kappa shape index (κ3) is 5.41. The first-order valence-electron chi connectivity index (χ1n) is 9.40. The molecule has 0 atom stereocenters. The minimum atomic E-state index is -0.539. The van der Waals surface area contributed by atoms with Gasteiger partial charge in [0, 0.05) is 6.20 Å². The predicted molar refractivity (Wildman–Crippen MR) is 110 cm³/mol. The highest BCUT2D eigenvalue weighted by Gasteiger charge is 2.28. The zero-order valence-corrected chi connectivity index (χ0v) is 17.8. The van der Waals surface area contributed by atoms with E-state index in [-0.39, 0.29) is 31.3 Å². The van der Waals surface area contributed by atoms with E-state index in [1.54, 1.807) is 42.9 Å². The van der Waals surface area contributed by atoms with E-state index in [1.807, 2.05) is 19.1 Å². The molecule has 0 spiro atoms. The zero-order chi connectivity index (χ0) is 21.4. The van der Waals surface area contributed by atoms with Gasteiger partial charge in [-0.1, -0.05) is 17.8 Å². The molecule has 0 N–H and O–H groups in total. The summed E-state index contributed by atoms with van der Waals surface area (Å²) >= 11 is 1.16. The van der Waals surface area contributed by atoms with Crippen LogP contribution in [0.25, 0.3) is 5.52 Å². The summed E-state index contributed by atoms with van der Waals surface area (Å²) in [5.74, 6) is -1.41. The van der Waals surface area contributed by atoms with Crippen LogP contribution in [0.3, 0.4) is 0 Å². The number of pyridine rings is 1. The number of hydrogen-bond acceptors (Lipinski definition) is 7. The highest BCUT2D eigenvalue weighted by molar-refractivity contribution is 8.02. The average Bonchev–Trinajstić information content (AvgIpc) is 2.99. The minimum absolute atomic E-state index is 0.0940.